The van der Waals surface area contributed by atoms with Crippen molar-refractivity contribution in [3.8, 4) is 11.5 Å². The third kappa shape index (κ3) is 1.67. The first-order valence-corrected chi connectivity index (χ1v) is 6.60. The van der Waals surface area contributed by atoms with Crippen LogP contribution < -0.4 is 4.74 Å². The number of rotatable bonds is 2. The second-order valence-corrected chi connectivity index (χ2v) is 5.51. The summed E-state index contributed by atoms with van der Waals surface area (Å²) in [6.45, 7) is 8.09. The first-order valence-electron chi connectivity index (χ1n) is 5.72. The van der Waals surface area contributed by atoms with Crippen LogP contribution in [0.25, 0.3) is 0 Å². The van der Waals surface area contributed by atoms with Crippen molar-refractivity contribution in [2.24, 2.45) is 0 Å². The molecule has 1 aliphatic rings. The summed E-state index contributed by atoms with van der Waals surface area (Å²) in [7, 11) is 0. The van der Waals surface area contributed by atoms with Crippen LogP contribution in [0.2, 0.25) is 0 Å². The molecule has 1 heterocycles. The van der Waals surface area contributed by atoms with Crippen molar-refractivity contribution in [1.29, 1.82) is 0 Å². The van der Waals surface area contributed by atoms with Gasteiger partial charge in [0.25, 0.3) is 0 Å². The molecule has 0 saturated carbocycles. The maximum absolute atomic E-state index is 10.00. The van der Waals surface area contributed by atoms with Crippen molar-refractivity contribution in [3.63, 3.8) is 0 Å². The van der Waals surface area contributed by atoms with Crippen molar-refractivity contribution in [2.45, 2.75) is 50.9 Å². The zero-order valence-corrected chi connectivity index (χ0v) is 11.1. The number of phenols is 1. The number of fused-ring (bicyclic) bond motifs is 1. The summed E-state index contributed by atoms with van der Waals surface area (Å²) in [6, 6.07) is 0. The van der Waals surface area contributed by atoms with Gasteiger partial charge < -0.3 is 9.84 Å². The smallest absolute Gasteiger partial charge is 0.149 e. The molecule has 3 heteroatoms. The molecule has 0 aromatic heterocycles. The minimum atomic E-state index is 0.221. The van der Waals surface area contributed by atoms with Crippen LogP contribution in [0.3, 0.4) is 0 Å². The number of aromatic hydroxyl groups is 1. The number of benzene rings is 1. The Morgan fingerprint density at radius 1 is 1.19 bits per heavy atom. The van der Waals surface area contributed by atoms with Gasteiger partial charge >= 0.3 is 0 Å². The lowest BCUT2D eigenvalue weighted by Crippen LogP contribution is -2.06. The van der Waals surface area contributed by atoms with E-state index in [1.54, 1.807) is 11.8 Å². The molecule has 1 aliphatic heterocycles. The molecule has 1 N–H and O–H groups in total. The van der Waals surface area contributed by atoms with Crippen LogP contribution in [0.4, 0.5) is 0 Å². The summed E-state index contributed by atoms with van der Waals surface area (Å²) < 4.78 is 5.95. The van der Waals surface area contributed by atoms with Gasteiger partial charge in [0.15, 0.2) is 0 Å². The highest BCUT2D eigenvalue weighted by Gasteiger charge is 2.29. The Hall–Kier alpha value is -0.830. The quantitative estimate of drug-likeness (QED) is 0.846. The lowest BCUT2D eigenvalue weighted by Gasteiger charge is -2.12. The molecule has 88 valence electrons. The van der Waals surface area contributed by atoms with Gasteiger partial charge in [0.05, 0.1) is 4.90 Å². The molecular weight excluding hydrogens is 220 g/mol. The van der Waals surface area contributed by atoms with Crippen molar-refractivity contribution in [2.75, 3.05) is 0 Å². The maximum atomic E-state index is 10.00. The SMILES string of the molecule is CCC[C@@H]1Oc2c(C)c(C)c(O)c(C)c2S1. The zero-order valence-electron chi connectivity index (χ0n) is 10.3. The lowest BCUT2D eigenvalue weighted by atomic mass is 10.0. The van der Waals surface area contributed by atoms with E-state index in [1.165, 1.54) is 0 Å². The standard InChI is InChI=1S/C13H18O2S/c1-5-6-10-15-12-8(3)7(2)11(14)9(4)13(12)16-10/h10,14H,5-6H2,1-4H3/t10-/m1/s1. The van der Waals surface area contributed by atoms with Crippen molar-refractivity contribution < 1.29 is 9.84 Å². The summed E-state index contributed by atoms with van der Waals surface area (Å²) >= 11 is 1.74. The summed E-state index contributed by atoms with van der Waals surface area (Å²) in [6.07, 6.45) is 2.17. The molecule has 1 aromatic carbocycles. The Balaban J connectivity index is 2.45. The summed E-state index contributed by atoms with van der Waals surface area (Å²) in [5.41, 5.74) is 3.19. The van der Waals surface area contributed by atoms with E-state index in [2.05, 4.69) is 6.92 Å². The third-order valence-electron chi connectivity index (χ3n) is 3.18. The molecule has 2 rings (SSSR count). The Bertz CT molecular complexity index is 390. The fraction of sp³-hybridized carbons (Fsp3) is 0.538. The van der Waals surface area contributed by atoms with Gasteiger partial charge in [-0.05, 0) is 38.3 Å². The summed E-state index contributed by atoms with van der Waals surface area (Å²) in [5, 5.41) is 10.00. The average Bonchev–Trinajstić information content (AvgIpc) is 2.68. The Labute approximate surface area is 101 Å². The third-order valence-corrected chi connectivity index (χ3v) is 4.51. The largest absolute Gasteiger partial charge is 0.507 e. The molecule has 0 aliphatic carbocycles. The number of ether oxygens (including phenoxy) is 1. The first-order chi connectivity index (χ1) is 7.56. The minimum absolute atomic E-state index is 0.221. The zero-order chi connectivity index (χ0) is 11.9. The van der Waals surface area contributed by atoms with Crippen LogP contribution in [-0.4, -0.2) is 10.5 Å². The summed E-state index contributed by atoms with van der Waals surface area (Å²) in [5.74, 6) is 1.40. The predicted molar refractivity (Wildman–Crippen MR) is 67.5 cm³/mol. The monoisotopic (exact) mass is 238 g/mol. The predicted octanol–water partition coefficient (Wildman–Crippen LogP) is 3.93. The fourth-order valence-electron chi connectivity index (χ4n) is 2.00. The minimum Gasteiger partial charge on any atom is -0.507 e. The number of thioether (sulfide) groups is 1. The molecule has 16 heavy (non-hydrogen) atoms. The van der Waals surface area contributed by atoms with Crippen LogP contribution in [0.5, 0.6) is 11.5 Å². The van der Waals surface area contributed by atoms with E-state index in [-0.39, 0.29) is 5.44 Å². The van der Waals surface area contributed by atoms with Crippen LogP contribution in [0, 0.1) is 20.8 Å². The molecule has 0 saturated heterocycles. The van der Waals surface area contributed by atoms with Gasteiger partial charge in [-0.15, -0.1) is 0 Å². The van der Waals surface area contributed by atoms with Gasteiger partial charge in [-0.1, -0.05) is 25.1 Å². The topological polar surface area (TPSA) is 29.5 Å². The van der Waals surface area contributed by atoms with Gasteiger partial charge in [0, 0.05) is 5.56 Å². The second kappa shape index (κ2) is 4.21. The maximum Gasteiger partial charge on any atom is 0.149 e. The summed E-state index contributed by atoms with van der Waals surface area (Å²) in [4.78, 5) is 1.12. The van der Waals surface area contributed by atoms with Crippen LogP contribution in [0.15, 0.2) is 4.90 Å². The van der Waals surface area contributed by atoms with E-state index in [1.807, 2.05) is 20.8 Å². The Morgan fingerprint density at radius 2 is 1.88 bits per heavy atom. The van der Waals surface area contributed by atoms with E-state index in [0.29, 0.717) is 5.75 Å². The van der Waals surface area contributed by atoms with Crippen molar-refractivity contribution in [3.05, 3.63) is 16.7 Å². The molecule has 0 spiro atoms. The van der Waals surface area contributed by atoms with E-state index in [4.69, 9.17) is 4.74 Å². The normalized spacial score (nSPS) is 18.4. The van der Waals surface area contributed by atoms with Gasteiger partial charge in [-0.25, -0.2) is 0 Å². The average molecular weight is 238 g/mol. The molecule has 0 unspecified atom stereocenters. The van der Waals surface area contributed by atoms with Crippen LogP contribution >= 0.6 is 11.8 Å². The lowest BCUT2D eigenvalue weighted by molar-refractivity contribution is 0.280. The molecule has 0 bridgehead atoms. The molecule has 1 atom stereocenters. The number of phenolic OH excluding ortho intramolecular Hbond substituents is 1. The van der Waals surface area contributed by atoms with Gasteiger partial charge in [0.2, 0.25) is 0 Å². The van der Waals surface area contributed by atoms with E-state index < -0.39 is 0 Å². The van der Waals surface area contributed by atoms with Crippen molar-refractivity contribution >= 4 is 11.8 Å². The van der Waals surface area contributed by atoms with Crippen LogP contribution in [0.1, 0.15) is 36.5 Å². The highest BCUT2D eigenvalue weighted by molar-refractivity contribution is 8.00. The number of hydrogen-bond donors (Lipinski definition) is 1. The molecule has 0 amide bonds. The number of hydrogen-bond acceptors (Lipinski definition) is 3. The first kappa shape index (κ1) is 11.6. The second-order valence-electron chi connectivity index (χ2n) is 4.34. The highest BCUT2D eigenvalue weighted by Crippen LogP contribution is 2.50. The van der Waals surface area contributed by atoms with E-state index >= 15 is 0 Å². The van der Waals surface area contributed by atoms with Crippen LogP contribution in [-0.2, 0) is 0 Å². The highest BCUT2D eigenvalue weighted by atomic mass is 32.2. The molecule has 1 aromatic rings. The fourth-order valence-corrected chi connectivity index (χ4v) is 3.34. The van der Waals surface area contributed by atoms with Gasteiger partial charge in [0.1, 0.15) is 16.9 Å². The Kier molecular flexibility index (Phi) is 3.06. The molecular formula is C13H18O2S. The van der Waals surface area contributed by atoms with Gasteiger partial charge in [-0.2, -0.15) is 0 Å². The van der Waals surface area contributed by atoms with E-state index in [0.717, 1.165) is 40.2 Å². The van der Waals surface area contributed by atoms with Gasteiger partial charge in [-0.3, -0.25) is 0 Å². The van der Waals surface area contributed by atoms with Crippen molar-refractivity contribution in [1.82, 2.24) is 0 Å². The Morgan fingerprint density at radius 3 is 2.50 bits per heavy atom. The molecule has 0 radical (unpaired) electrons. The molecule has 2 nitrogen and oxygen atoms in total. The molecule has 0 fully saturated rings. The van der Waals surface area contributed by atoms with E-state index in [9.17, 15) is 5.11 Å².